The van der Waals surface area contributed by atoms with E-state index in [0.717, 1.165) is 73.3 Å². The molecule has 0 unspecified atom stereocenters. The number of alkyl halides is 6. The van der Waals surface area contributed by atoms with Gasteiger partial charge in [0.05, 0.1) is 44.5 Å². The highest BCUT2D eigenvalue weighted by Crippen LogP contribution is 2.46. The van der Waals surface area contributed by atoms with Gasteiger partial charge < -0.3 is 38.9 Å². The predicted molar refractivity (Wildman–Crippen MR) is 324 cm³/mol. The third-order valence-electron chi connectivity index (χ3n) is 14.1. The minimum atomic E-state index is -4.53. The number of carbonyl (C=O) groups excluding carboxylic acids is 1. The number of aryl methyl sites for hydroxylation is 1. The lowest BCUT2D eigenvalue weighted by Gasteiger charge is -2.15. The van der Waals surface area contributed by atoms with Crippen molar-refractivity contribution in [2.24, 2.45) is 0 Å². The Morgan fingerprint density at radius 3 is 1.54 bits per heavy atom. The van der Waals surface area contributed by atoms with E-state index in [1.54, 1.807) is 75.0 Å². The first-order valence-electron chi connectivity index (χ1n) is 28.1. The van der Waals surface area contributed by atoms with E-state index in [2.05, 4.69) is 50.5 Å². The number of fused-ring (bicyclic) bond motifs is 1. The number of nitrogens with zero attached hydrogens (tertiary/aromatic N) is 14. The summed E-state index contributed by atoms with van der Waals surface area (Å²) in [6, 6.07) is 14.1. The second kappa shape index (κ2) is 28.2. The van der Waals surface area contributed by atoms with E-state index in [4.69, 9.17) is 34.3 Å². The van der Waals surface area contributed by atoms with Crippen molar-refractivity contribution in [3.63, 3.8) is 0 Å². The van der Waals surface area contributed by atoms with E-state index in [0.29, 0.717) is 93.8 Å². The third kappa shape index (κ3) is 15.6. The zero-order valence-electron chi connectivity index (χ0n) is 49.2. The maximum atomic E-state index is 13.4. The van der Waals surface area contributed by atoms with Crippen LogP contribution in [0.1, 0.15) is 159 Å². The first-order valence-corrected chi connectivity index (χ1v) is 28.1. The lowest BCUT2D eigenvalue weighted by Crippen LogP contribution is -2.14. The standard InChI is InChI=1S/C29H31F3N8O2.C29H29F3N8O.C2H4O2.2CH4/c1-5-22(41)37-20-13-34-26(23-24(18-10-11-18)35-15-36-28(23)42-4)39-25(20)33-12-17-6-8-19(9-7-17)27-38-21(29(30,31)32)14-40(27)16(2)3;1-5-22-36-20-12-33-25(23-24(18-10-11-18)34-15-35-28(23)41-4)38-27(20)40(22)13-17-6-8-19(9-7-17)26-37-21(29(30,31)32)14-39(26)16(2)3;1-2(3)4;;/h6-9,13-16,18H,5,10-12H2,1-4H3,(H,37,41)(H,33,34,39);6-9,12,14-16,18H,5,10-11,13H2,1-4H3;1H3,(H,3,4);2*1H4. The molecule has 0 atom stereocenters. The molecule has 2 aromatic carbocycles. The Kier molecular flexibility index (Phi) is 21.2. The number of rotatable bonds is 18. The van der Waals surface area contributed by atoms with Crippen molar-refractivity contribution in [1.82, 2.24) is 68.5 Å². The minimum absolute atomic E-state index is 0. The number of methoxy groups -OCH3 is 2. The molecule has 7 heterocycles. The van der Waals surface area contributed by atoms with Crippen LogP contribution in [0, 0.1) is 0 Å². The number of carboxylic acids is 1. The molecule has 472 valence electrons. The van der Waals surface area contributed by atoms with Crippen LogP contribution in [0.15, 0.2) is 86.0 Å². The molecule has 0 radical (unpaired) electrons. The van der Waals surface area contributed by atoms with Gasteiger partial charge in [0.15, 0.2) is 34.5 Å². The molecule has 0 aliphatic heterocycles. The van der Waals surface area contributed by atoms with Crippen LogP contribution >= 0.6 is 0 Å². The smallest absolute Gasteiger partial charge is 0.434 e. The van der Waals surface area contributed by atoms with Gasteiger partial charge in [-0.1, -0.05) is 77.2 Å². The molecular formula is C62H72F6N16O5. The number of anilines is 2. The van der Waals surface area contributed by atoms with Gasteiger partial charge in [0.2, 0.25) is 17.7 Å². The number of carboxylic acid groups (broad SMARTS) is 1. The second-order valence-corrected chi connectivity index (χ2v) is 21.2. The Bertz CT molecular complexity index is 3910. The monoisotopic (exact) mass is 1230 g/mol. The minimum Gasteiger partial charge on any atom is -0.481 e. The van der Waals surface area contributed by atoms with Gasteiger partial charge in [0.25, 0.3) is 5.97 Å². The van der Waals surface area contributed by atoms with E-state index in [9.17, 15) is 31.1 Å². The summed E-state index contributed by atoms with van der Waals surface area (Å²) in [5.41, 5.74) is 5.91. The molecule has 0 spiro atoms. The van der Waals surface area contributed by atoms with Gasteiger partial charge in [-0.2, -0.15) is 26.3 Å². The number of halogens is 6. The number of benzene rings is 2. The van der Waals surface area contributed by atoms with E-state index in [-0.39, 0.29) is 56.8 Å². The van der Waals surface area contributed by atoms with Crippen molar-refractivity contribution in [3.05, 3.63) is 126 Å². The summed E-state index contributed by atoms with van der Waals surface area (Å²) >= 11 is 0. The molecule has 1 amide bonds. The van der Waals surface area contributed by atoms with Crippen molar-refractivity contribution >= 4 is 34.5 Å². The van der Waals surface area contributed by atoms with Gasteiger partial charge in [0, 0.05) is 73.8 Å². The fourth-order valence-electron chi connectivity index (χ4n) is 9.49. The summed E-state index contributed by atoms with van der Waals surface area (Å²) in [5.74, 6) is 3.01. The van der Waals surface area contributed by atoms with Crippen LogP contribution in [0.4, 0.5) is 37.8 Å². The van der Waals surface area contributed by atoms with Crippen molar-refractivity contribution in [2.45, 2.75) is 151 Å². The van der Waals surface area contributed by atoms with Crippen molar-refractivity contribution in [3.8, 4) is 57.3 Å². The molecule has 2 fully saturated rings. The molecule has 11 rings (SSSR count). The van der Waals surface area contributed by atoms with Gasteiger partial charge in [0.1, 0.15) is 52.5 Å². The SMILES string of the molecule is C.C.CC(=O)O.CCC(=O)Nc1cnc(-c2c(OC)ncnc2C2CC2)nc1NCc1ccc(-c2nc(C(F)(F)F)cn2C(C)C)cc1.CCc1nc2cnc(-c3c(OC)ncnc3C3CC3)nc2n1Cc1ccc(-c2nc(C(F)(F)F)cn2C(C)C)cc1. The molecule has 9 aromatic rings. The van der Waals surface area contributed by atoms with Crippen LogP contribution < -0.4 is 20.1 Å². The molecule has 7 aromatic heterocycles. The first kappa shape index (κ1) is 67.1. The molecule has 2 aliphatic rings. The number of ether oxygens (including phenoxy) is 2. The number of amides is 1. The van der Waals surface area contributed by atoms with Gasteiger partial charge in [-0.3, -0.25) is 9.59 Å². The maximum Gasteiger partial charge on any atom is 0.434 e. The molecule has 0 saturated heterocycles. The predicted octanol–water partition coefficient (Wildman–Crippen LogP) is 13.8. The third-order valence-corrected chi connectivity index (χ3v) is 14.1. The van der Waals surface area contributed by atoms with Crippen LogP contribution in [0.25, 0.3) is 56.7 Å². The molecule has 27 heteroatoms. The Balaban J connectivity index is 0.000000234. The molecule has 21 nitrogen and oxygen atoms in total. The second-order valence-electron chi connectivity index (χ2n) is 21.2. The van der Waals surface area contributed by atoms with E-state index >= 15 is 0 Å². The van der Waals surface area contributed by atoms with Gasteiger partial charge in [-0.05, 0) is 64.5 Å². The number of hydrogen-bond donors (Lipinski definition) is 3. The Morgan fingerprint density at radius 1 is 0.652 bits per heavy atom. The number of carbonyl (C=O) groups is 2. The van der Waals surface area contributed by atoms with E-state index in [1.165, 1.54) is 30.5 Å². The number of nitrogens with one attached hydrogen (secondary N) is 2. The molecule has 0 bridgehead atoms. The molecular weight excluding hydrogens is 1160 g/mol. The number of aliphatic carboxylic acids is 1. The van der Waals surface area contributed by atoms with Gasteiger partial charge >= 0.3 is 12.4 Å². The molecule has 89 heavy (non-hydrogen) atoms. The van der Waals surface area contributed by atoms with Gasteiger partial charge in [-0.25, -0.2) is 54.8 Å². The largest absolute Gasteiger partial charge is 0.481 e. The zero-order chi connectivity index (χ0) is 62.5. The highest BCUT2D eigenvalue weighted by molar-refractivity contribution is 5.93. The normalized spacial score (nSPS) is 13.0. The summed E-state index contributed by atoms with van der Waals surface area (Å²) in [5, 5.41) is 13.5. The zero-order valence-corrected chi connectivity index (χ0v) is 49.2. The van der Waals surface area contributed by atoms with Crippen LogP contribution in [0.2, 0.25) is 0 Å². The van der Waals surface area contributed by atoms with Crippen LogP contribution in [-0.2, 0) is 41.5 Å². The van der Waals surface area contributed by atoms with E-state index < -0.39 is 29.7 Å². The fraction of sp³-hybridized carbons (Fsp3) is 0.403. The quantitative estimate of drug-likeness (QED) is 0.0675. The highest BCUT2D eigenvalue weighted by Gasteiger charge is 2.37. The maximum absolute atomic E-state index is 13.4. The summed E-state index contributed by atoms with van der Waals surface area (Å²) < 4.78 is 96.3. The topological polar surface area (TPSA) is 253 Å². The van der Waals surface area contributed by atoms with Crippen molar-refractivity contribution in [2.75, 3.05) is 24.9 Å². The lowest BCUT2D eigenvalue weighted by atomic mass is 10.1. The van der Waals surface area contributed by atoms with E-state index in [1.807, 2.05) is 37.5 Å². The average Bonchev–Trinajstić information content (AvgIpc) is 1.80. The Labute approximate surface area is 510 Å². The fourth-order valence-corrected chi connectivity index (χ4v) is 9.49. The molecule has 3 N–H and O–H groups in total. The van der Waals surface area contributed by atoms with Crippen LogP contribution in [0.3, 0.4) is 0 Å². The van der Waals surface area contributed by atoms with Crippen LogP contribution in [0.5, 0.6) is 11.8 Å². The van der Waals surface area contributed by atoms with Crippen molar-refractivity contribution < 1.29 is 50.5 Å². The van der Waals surface area contributed by atoms with Crippen LogP contribution in [-0.4, -0.2) is 99.7 Å². The molecule has 2 aliphatic carbocycles. The average molecular weight is 1240 g/mol. The Hall–Kier alpha value is -9.43. The number of aromatic nitrogens is 14. The Morgan fingerprint density at radius 2 is 1.11 bits per heavy atom. The first-order chi connectivity index (χ1) is 41.5. The summed E-state index contributed by atoms with van der Waals surface area (Å²) in [6.07, 6.45) is 4.36. The highest BCUT2D eigenvalue weighted by atomic mass is 19.4. The number of hydrogen-bond acceptors (Lipinski definition) is 16. The summed E-state index contributed by atoms with van der Waals surface area (Å²) in [7, 11) is 3.10. The number of imidazole rings is 3. The van der Waals surface area contributed by atoms with Gasteiger partial charge in [-0.15, -0.1) is 0 Å². The van der Waals surface area contributed by atoms with Crippen molar-refractivity contribution in [1.29, 1.82) is 0 Å². The molecule has 2 saturated carbocycles. The summed E-state index contributed by atoms with van der Waals surface area (Å²) in [6.45, 7) is 12.9. The lowest BCUT2D eigenvalue weighted by molar-refractivity contribution is -0.141. The summed E-state index contributed by atoms with van der Waals surface area (Å²) in [4.78, 5) is 70.0.